The first-order chi connectivity index (χ1) is 8.08. The highest BCUT2D eigenvalue weighted by Crippen LogP contribution is 2.43. The molecule has 0 heterocycles. The van der Waals surface area contributed by atoms with Gasteiger partial charge in [0.05, 0.1) is 0 Å². The van der Waals surface area contributed by atoms with Crippen molar-refractivity contribution in [1.82, 2.24) is 4.90 Å². The molecule has 0 aromatic heterocycles. The molecule has 1 amide bonds. The van der Waals surface area contributed by atoms with E-state index < -0.39 is 11.4 Å². The van der Waals surface area contributed by atoms with Crippen LogP contribution in [0.4, 0.5) is 0 Å². The van der Waals surface area contributed by atoms with Gasteiger partial charge in [-0.25, -0.2) is 0 Å². The second-order valence-corrected chi connectivity index (χ2v) is 5.45. The molecule has 4 nitrogen and oxygen atoms in total. The molecule has 0 bridgehead atoms. The van der Waals surface area contributed by atoms with Gasteiger partial charge in [-0.2, -0.15) is 0 Å². The summed E-state index contributed by atoms with van der Waals surface area (Å²) in [7, 11) is 1.78. The maximum Gasteiger partial charge on any atom is 0.319 e. The van der Waals surface area contributed by atoms with Crippen LogP contribution in [-0.4, -0.2) is 35.0 Å². The standard InChI is InChI=1S/C13H21NO3/c1-14(10-6-3-2-4-7-10)11(15)13(12(16)17)8-5-9-13/h10H,2-9H2,1H3,(H,16,17). The second-order valence-electron chi connectivity index (χ2n) is 5.45. The molecule has 2 aliphatic rings. The molecule has 0 saturated heterocycles. The average molecular weight is 239 g/mol. The highest BCUT2D eigenvalue weighted by Gasteiger charge is 2.53. The van der Waals surface area contributed by atoms with Gasteiger partial charge in [-0.15, -0.1) is 0 Å². The maximum absolute atomic E-state index is 12.3. The Bertz CT molecular complexity index is 317. The summed E-state index contributed by atoms with van der Waals surface area (Å²) in [4.78, 5) is 25.3. The Kier molecular flexibility index (Phi) is 3.40. The molecule has 4 heteroatoms. The normalized spacial score (nSPS) is 23.8. The number of carboxylic acid groups (broad SMARTS) is 1. The Morgan fingerprint density at radius 3 is 2.12 bits per heavy atom. The van der Waals surface area contributed by atoms with Crippen molar-refractivity contribution in [3.63, 3.8) is 0 Å². The molecule has 0 aromatic carbocycles. The van der Waals surface area contributed by atoms with Crippen molar-refractivity contribution in [2.75, 3.05) is 7.05 Å². The first kappa shape index (κ1) is 12.4. The molecule has 2 rings (SSSR count). The summed E-state index contributed by atoms with van der Waals surface area (Å²) in [6.45, 7) is 0. The molecular weight excluding hydrogens is 218 g/mol. The molecule has 0 atom stereocenters. The lowest BCUT2D eigenvalue weighted by Gasteiger charge is -2.42. The van der Waals surface area contributed by atoms with E-state index in [1.165, 1.54) is 6.42 Å². The molecule has 2 fully saturated rings. The fraction of sp³-hybridized carbons (Fsp3) is 0.846. The van der Waals surface area contributed by atoms with Crippen molar-refractivity contribution in [1.29, 1.82) is 0 Å². The number of carboxylic acids is 1. The molecule has 0 radical (unpaired) electrons. The molecule has 0 aliphatic heterocycles. The molecule has 0 aromatic rings. The highest BCUT2D eigenvalue weighted by molar-refractivity contribution is 6.02. The summed E-state index contributed by atoms with van der Waals surface area (Å²) in [5.41, 5.74) is -1.09. The number of rotatable bonds is 3. The Morgan fingerprint density at radius 1 is 1.12 bits per heavy atom. The van der Waals surface area contributed by atoms with Crippen LogP contribution in [0.2, 0.25) is 0 Å². The van der Waals surface area contributed by atoms with Gasteiger partial charge in [-0.05, 0) is 25.7 Å². The van der Waals surface area contributed by atoms with Crippen molar-refractivity contribution in [3.05, 3.63) is 0 Å². The minimum absolute atomic E-state index is 0.164. The molecule has 17 heavy (non-hydrogen) atoms. The fourth-order valence-electron chi connectivity index (χ4n) is 3.02. The van der Waals surface area contributed by atoms with Gasteiger partial charge in [0.15, 0.2) is 0 Å². The Balaban J connectivity index is 2.05. The summed E-state index contributed by atoms with van der Waals surface area (Å²) in [6.07, 6.45) is 7.48. The van der Waals surface area contributed by atoms with E-state index in [9.17, 15) is 14.7 Å². The summed E-state index contributed by atoms with van der Waals surface area (Å²) in [6, 6.07) is 0.257. The Labute approximate surface area is 102 Å². The lowest BCUT2D eigenvalue weighted by molar-refractivity contribution is -0.168. The zero-order valence-electron chi connectivity index (χ0n) is 10.4. The fourth-order valence-corrected chi connectivity index (χ4v) is 3.02. The van der Waals surface area contributed by atoms with Crippen LogP contribution in [0.1, 0.15) is 51.4 Å². The summed E-state index contributed by atoms with van der Waals surface area (Å²) >= 11 is 0. The van der Waals surface area contributed by atoms with Gasteiger partial charge in [-0.1, -0.05) is 25.7 Å². The first-order valence-corrected chi connectivity index (χ1v) is 6.58. The van der Waals surface area contributed by atoms with E-state index >= 15 is 0 Å². The van der Waals surface area contributed by atoms with Gasteiger partial charge >= 0.3 is 5.97 Å². The molecular formula is C13H21NO3. The summed E-state index contributed by atoms with van der Waals surface area (Å²) in [5.74, 6) is -1.10. The van der Waals surface area contributed by atoms with Crippen molar-refractivity contribution in [3.8, 4) is 0 Å². The molecule has 1 N–H and O–H groups in total. The quantitative estimate of drug-likeness (QED) is 0.767. The van der Waals surface area contributed by atoms with Crippen molar-refractivity contribution < 1.29 is 14.7 Å². The smallest absolute Gasteiger partial charge is 0.319 e. The van der Waals surface area contributed by atoms with Crippen LogP contribution in [0, 0.1) is 5.41 Å². The van der Waals surface area contributed by atoms with Gasteiger partial charge in [0.2, 0.25) is 5.91 Å². The van der Waals surface area contributed by atoms with Gasteiger partial charge < -0.3 is 10.0 Å². The van der Waals surface area contributed by atoms with E-state index in [1.807, 2.05) is 0 Å². The monoisotopic (exact) mass is 239 g/mol. The van der Waals surface area contributed by atoms with Gasteiger partial charge in [0, 0.05) is 13.1 Å². The van der Waals surface area contributed by atoms with E-state index in [0.29, 0.717) is 12.8 Å². The van der Waals surface area contributed by atoms with Crippen molar-refractivity contribution >= 4 is 11.9 Å². The third kappa shape index (κ3) is 2.05. The van der Waals surface area contributed by atoms with Crippen LogP contribution in [0.25, 0.3) is 0 Å². The van der Waals surface area contributed by atoms with Crippen LogP contribution in [0.5, 0.6) is 0 Å². The molecule has 0 spiro atoms. The molecule has 2 saturated carbocycles. The highest BCUT2D eigenvalue weighted by atomic mass is 16.4. The topological polar surface area (TPSA) is 57.6 Å². The van der Waals surface area contributed by atoms with E-state index in [0.717, 1.165) is 32.1 Å². The number of carbonyl (C=O) groups excluding carboxylic acids is 1. The van der Waals surface area contributed by atoms with Crippen LogP contribution in [-0.2, 0) is 9.59 Å². The molecule has 96 valence electrons. The zero-order valence-corrected chi connectivity index (χ0v) is 10.4. The SMILES string of the molecule is CN(C(=O)C1(C(=O)O)CCC1)C1CCCCC1. The Morgan fingerprint density at radius 2 is 1.71 bits per heavy atom. The molecule has 0 unspecified atom stereocenters. The number of carbonyl (C=O) groups is 2. The summed E-state index contributed by atoms with van der Waals surface area (Å²) in [5, 5.41) is 9.25. The lowest BCUT2D eigenvalue weighted by Crippen LogP contribution is -2.54. The van der Waals surface area contributed by atoms with Gasteiger partial charge in [-0.3, -0.25) is 9.59 Å². The van der Waals surface area contributed by atoms with Crippen LogP contribution in [0.3, 0.4) is 0 Å². The predicted molar refractivity (Wildman–Crippen MR) is 63.6 cm³/mol. The largest absolute Gasteiger partial charge is 0.480 e. The third-order valence-corrected chi connectivity index (χ3v) is 4.47. The predicted octanol–water partition coefficient (Wildman–Crippen LogP) is 2.03. The van der Waals surface area contributed by atoms with Crippen LogP contribution >= 0.6 is 0 Å². The number of hydrogen-bond acceptors (Lipinski definition) is 2. The van der Waals surface area contributed by atoms with Crippen LogP contribution < -0.4 is 0 Å². The second kappa shape index (κ2) is 4.67. The number of hydrogen-bond donors (Lipinski definition) is 1. The number of nitrogens with zero attached hydrogens (tertiary/aromatic N) is 1. The van der Waals surface area contributed by atoms with Crippen molar-refractivity contribution in [2.24, 2.45) is 5.41 Å². The van der Waals surface area contributed by atoms with E-state index in [2.05, 4.69) is 0 Å². The third-order valence-electron chi connectivity index (χ3n) is 4.47. The van der Waals surface area contributed by atoms with E-state index in [1.54, 1.807) is 11.9 Å². The minimum atomic E-state index is -1.09. The lowest BCUT2D eigenvalue weighted by atomic mass is 9.67. The maximum atomic E-state index is 12.3. The summed E-state index contributed by atoms with van der Waals surface area (Å²) < 4.78 is 0. The van der Waals surface area contributed by atoms with Gasteiger partial charge in [0.1, 0.15) is 5.41 Å². The zero-order chi connectivity index (χ0) is 12.5. The first-order valence-electron chi connectivity index (χ1n) is 6.58. The van der Waals surface area contributed by atoms with E-state index in [4.69, 9.17) is 0 Å². The minimum Gasteiger partial charge on any atom is -0.480 e. The van der Waals surface area contributed by atoms with Crippen LogP contribution in [0.15, 0.2) is 0 Å². The van der Waals surface area contributed by atoms with E-state index in [-0.39, 0.29) is 11.9 Å². The van der Waals surface area contributed by atoms with Crippen molar-refractivity contribution in [2.45, 2.75) is 57.4 Å². The number of amides is 1. The molecule has 2 aliphatic carbocycles. The Hall–Kier alpha value is -1.06. The average Bonchev–Trinajstić information content (AvgIpc) is 2.27. The van der Waals surface area contributed by atoms with Gasteiger partial charge in [0.25, 0.3) is 0 Å². The number of aliphatic carboxylic acids is 1.